The molecule has 1 atom stereocenters. The van der Waals surface area contributed by atoms with Crippen molar-refractivity contribution in [1.82, 2.24) is 15.5 Å². The summed E-state index contributed by atoms with van der Waals surface area (Å²) in [5.41, 5.74) is 0.593. The number of nitrogens with one attached hydrogen (secondary N) is 2. The Morgan fingerprint density at radius 2 is 2.21 bits per heavy atom. The highest BCUT2D eigenvalue weighted by molar-refractivity contribution is 5.89. The van der Waals surface area contributed by atoms with E-state index in [9.17, 15) is 4.79 Å². The van der Waals surface area contributed by atoms with Gasteiger partial charge in [-0.25, -0.2) is 4.79 Å². The molecule has 2 N–H and O–H groups in total. The van der Waals surface area contributed by atoms with E-state index in [4.69, 9.17) is 18.7 Å². The van der Waals surface area contributed by atoms with Gasteiger partial charge in [-0.2, -0.15) is 4.98 Å². The maximum absolute atomic E-state index is 12.1. The highest BCUT2D eigenvalue weighted by atomic mass is 16.7. The van der Waals surface area contributed by atoms with Gasteiger partial charge in [0.2, 0.25) is 12.7 Å². The van der Waals surface area contributed by atoms with Gasteiger partial charge < -0.3 is 29.4 Å². The molecule has 9 nitrogen and oxygen atoms in total. The van der Waals surface area contributed by atoms with Gasteiger partial charge in [0.15, 0.2) is 17.3 Å². The van der Waals surface area contributed by atoms with Crippen molar-refractivity contribution in [2.24, 2.45) is 0 Å². The maximum Gasteiger partial charge on any atom is 0.319 e. The Bertz CT molecular complexity index is 718. The molecule has 128 valence electrons. The Morgan fingerprint density at radius 3 is 3.04 bits per heavy atom. The van der Waals surface area contributed by atoms with Crippen molar-refractivity contribution in [3.8, 4) is 11.5 Å². The van der Waals surface area contributed by atoms with Gasteiger partial charge in [0, 0.05) is 25.3 Å². The van der Waals surface area contributed by atoms with Crippen LogP contribution in [-0.2, 0) is 11.2 Å². The largest absolute Gasteiger partial charge is 0.454 e. The second kappa shape index (κ2) is 7.18. The quantitative estimate of drug-likeness (QED) is 0.830. The SMILES string of the molecule is COCCc1noc([C@H](C)NC(=O)Nc2ccc3c(c2)OCO3)n1. The molecule has 0 unspecified atom stereocenters. The number of rotatable bonds is 6. The number of carbonyl (C=O) groups excluding carboxylic acids is 1. The number of anilines is 1. The Labute approximate surface area is 138 Å². The van der Waals surface area contributed by atoms with Crippen LogP contribution >= 0.6 is 0 Å². The first-order valence-electron chi connectivity index (χ1n) is 7.44. The molecule has 0 saturated carbocycles. The third kappa shape index (κ3) is 3.74. The summed E-state index contributed by atoms with van der Waals surface area (Å²) < 4.78 is 20.6. The van der Waals surface area contributed by atoms with E-state index in [1.165, 1.54) is 0 Å². The number of nitrogens with zero attached hydrogens (tertiary/aromatic N) is 2. The number of carbonyl (C=O) groups is 1. The first kappa shape index (κ1) is 16.1. The average Bonchev–Trinajstić information content (AvgIpc) is 3.21. The van der Waals surface area contributed by atoms with Crippen molar-refractivity contribution >= 4 is 11.7 Å². The van der Waals surface area contributed by atoms with Crippen LogP contribution in [0.3, 0.4) is 0 Å². The van der Waals surface area contributed by atoms with Gasteiger partial charge in [-0.15, -0.1) is 0 Å². The molecule has 1 aliphatic rings. The third-order valence-electron chi connectivity index (χ3n) is 3.36. The molecule has 0 bridgehead atoms. The number of benzene rings is 1. The van der Waals surface area contributed by atoms with Crippen molar-refractivity contribution in [2.45, 2.75) is 19.4 Å². The van der Waals surface area contributed by atoms with Crippen molar-refractivity contribution < 1.29 is 23.5 Å². The minimum Gasteiger partial charge on any atom is -0.454 e. The number of amides is 2. The van der Waals surface area contributed by atoms with Gasteiger partial charge in [0.25, 0.3) is 0 Å². The minimum atomic E-state index is -0.428. The summed E-state index contributed by atoms with van der Waals surface area (Å²) in [4.78, 5) is 16.3. The minimum absolute atomic E-state index is 0.185. The summed E-state index contributed by atoms with van der Waals surface area (Å²) in [5.74, 6) is 2.13. The van der Waals surface area contributed by atoms with Crippen LogP contribution in [0.25, 0.3) is 0 Å². The zero-order valence-corrected chi connectivity index (χ0v) is 13.4. The standard InChI is InChI=1S/C15H18N4O5/c1-9(14-18-13(19-24-14)5-6-21-2)16-15(20)17-10-3-4-11-12(7-10)23-8-22-11/h3-4,7,9H,5-6,8H2,1-2H3,(H2,16,17,20)/t9-/m0/s1. The van der Waals surface area contributed by atoms with E-state index in [0.29, 0.717) is 41.9 Å². The molecule has 2 aromatic rings. The first-order valence-corrected chi connectivity index (χ1v) is 7.44. The van der Waals surface area contributed by atoms with Gasteiger partial charge in [-0.1, -0.05) is 5.16 Å². The van der Waals surface area contributed by atoms with Gasteiger partial charge in [-0.05, 0) is 19.1 Å². The Kier molecular flexibility index (Phi) is 4.80. The molecule has 1 aromatic carbocycles. The van der Waals surface area contributed by atoms with Crippen molar-refractivity contribution in [3.63, 3.8) is 0 Å². The van der Waals surface area contributed by atoms with Crippen molar-refractivity contribution in [1.29, 1.82) is 0 Å². The summed E-state index contributed by atoms with van der Waals surface area (Å²) in [6, 6.07) is 4.34. The first-order chi connectivity index (χ1) is 11.7. The molecule has 0 saturated heterocycles. The van der Waals surface area contributed by atoms with Crippen LogP contribution in [0.2, 0.25) is 0 Å². The topological polar surface area (TPSA) is 108 Å². The molecule has 1 aromatic heterocycles. The molecule has 0 radical (unpaired) electrons. The van der Waals surface area contributed by atoms with E-state index < -0.39 is 12.1 Å². The fourth-order valence-electron chi connectivity index (χ4n) is 2.14. The third-order valence-corrected chi connectivity index (χ3v) is 3.36. The van der Waals surface area contributed by atoms with Crippen LogP contribution in [0.4, 0.5) is 10.5 Å². The summed E-state index contributed by atoms with van der Waals surface area (Å²) in [6.07, 6.45) is 0.552. The number of methoxy groups -OCH3 is 1. The van der Waals surface area contributed by atoms with Crippen LogP contribution < -0.4 is 20.1 Å². The molecule has 0 spiro atoms. The highest BCUT2D eigenvalue weighted by Gasteiger charge is 2.18. The molecular weight excluding hydrogens is 316 g/mol. The van der Waals surface area contributed by atoms with Gasteiger partial charge >= 0.3 is 6.03 Å². The fourth-order valence-corrected chi connectivity index (χ4v) is 2.14. The van der Waals surface area contributed by atoms with E-state index in [0.717, 1.165) is 0 Å². The summed E-state index contributed by atoms with van der Waals surface area (Å²) in [5, 5.41) is 9.29. The van der Waals surface area contributed by atoms with E-state index in [-0.39, 0.29) is 6.79 Å². The molecule has 2 amide bonds. The van der Waals surface area contributed by atoms with Gasteiger partial charge in [0.05, 0.1) is 6.61 Å². The summed E-state index contributed by atoms with van der Waals surface area (Å²) in [6.45, 7) is 2.45. The van der Waals surface area contributed by atoms with Gasteiger partial charge in [-0.3, -0.25) is 0 Å². The Morgan fingerprint density at radius 1 is 1.38 bits per heavy atom. The van der Waals surface area contributed by atoms with Crippen molar-refractivity contribution in [2.75, 3.05) is 25.8 Å². The molecule has 3 rings (SSSR count). The Hall–Kier alpha value is -2.81. The number of fused-ring (bicyclic) bond motifs is 1. The van der Waals surface area contributed by atoms with Crippen LogP contribution in [0, 0.1) is 0 Å². The predicted molar refractivity (Wildman–Crippen MR) is 83.0 cm³/mol. The molecule has 2 heterocycles. The lowest BCUT2D eigenvalue weighted by Crippen LogP contribution is -2.31. The predicted octanol–water partition coefficient (Wildman–Crippen LogP) is 1.87. The van der Waals surface area contributed by atoms with Crippen molar-refractivity contribution in [3.05, 3.63) is 29.9 Å². The van der Waals surface area contributed by atoms with E-state index in [1.807, 2.05) is 0 Å². The smallest absolute Gasteiger partial charge is 0.319 e. The lowest BCUT2D eigenvalue weighted by atomic mass is 10.3. The monoisotopic (exact) mass is 334 g/mol. The highest BCUT2D eigenvalue weighted by Crippen LogP contribution is 2.34. The second-order valence-electron chi connectivity index (χ2n) is 5.18. The zero-order chi connectivity index (χ0) is 16.9. The molecule has 24 heavy (non-hydrogen) atoms. The number of hydrogen-bond acceptors (Lipinski definition) is 7. The molecule has 0 fully saturated rings. The van der Waals surface area contributed by atoms with E-state index in [1.54, 1.807) is 32.2 Å². The van der Waals surface area contributed by atoms with Gasteiger partial charge in [0.1, 0.15) is 6.04 Å². The number of urea groups is 1. The normalized spacial score (nSPS) is 13.6. The van der Waals surface area contributed by atoms with Crippen LogP contribution in [-0.4, -0.2) is 36.7 Å². The fraction of sp³-hybridized carbons (Fsp3) is 0.400. The second-order valence-corrected chi connectivity index (χ2v) is 5.18. The Balaban J connectivity index is 1.55. The van der Waals surface area contributed by atoms with Crippen LogP contribution in [0.5, 0.6) is 11.5 Å². The van der Waals surface area contributed by atoms with E-state index >= 15 is 0 Å². The molecule has 0 aliphatic carbocycles. The number of ether oxygens (including phenoxy) is 3. The molecule has 9 heteroatoms. The lowest BCUT2D eigenvalue weighted by Gasteiger charge is -2.11. The molecular formula is C15H18N4O5. The summed E-state index contributed by atoms with van der Waals surface area (Å²) >= 11 is 0. The molecule has 1 aliphatic heterocycles. The average molecular weight is 334 g/mol. The number of hydrogen-bond donors (Lipinski definition) is 2. The van der Waals surface area contributed by atoms with Crippen LogP contribution in [0.1, 0.15) is 24.7 Å². The number of aromatic nitrogens is 2. The lowest BCUT2D eigenvalue weighted by molar-refractivity contribution is 0.174. The summed E-state index contributed by atoms with van der Waals surface area (Å²) in [7, 11) is 1.60. The van der Waals surface area contributed by atoms with Crippen LogP contribution in [0.15, 0.2) is 22.7 Å². The zero-order valence-electron chi connectivity index (χ0n) is 13.4. The van der Waals surface area contributed by atoms with E-state index in [2.05, 4.69) is 20.8 Å². The maximum atomic E-state index is 12.1.